The number of anilines is 1. The lowest BCUT2D eigenvalue weighted by atomic mass is 10.1. The summed E-state index contributed by atoms with van der Waals surface area (Å²) < 4.78 is 5.20. The van der Waals surface area contributed by atoms with Gasteiger partial charge in [0.2, 0.25) is 0 Å². The van der Waals surface area contributed by atoms with Gasteiger partial charge in [-0.2, -0.15) is 0 Å². The number of thiophene rings is 1. The molecule has 5 nitrogen and oxygen atoms in total. The number of carbonyl (C=O) groups excluding carboxylic acids is 1. The molecule has 0 atom stereocenters. The van der Waals surface area contributed by atoms with Gasteiger partial charge in [-0.05, 0) is 55.7 Å². The van der Waals surface area contributed by atoms with Crippen molar-refractivity contribution in [1.29, 1.82) is 0 Å². The largest absolute Gasteiger partial charge is 0.497 e. The number of nitrogens with two attached hydrogens (primary N) is 1. The lowest BCUT2D eigenvalue weighted by Gasteiger charge is -2.26. The van der Waals surface area contributed by atoms with Crippen molar-refractivity contribution in [2.75, 3.05) is 25.9 Å². The van der Waals surface area contributed by atoms with Crippen LogP contribution in [0.2, 0.25) is 0 Å². The van der Waals surface area contributed by atoms with Crippen molar-refractivity contribution >= 4 is 33.1 Å². The highest BCUT2D eigenvalue weighted by Crippen LogP contribution is 2.35. The maximum atomic E-state index is 12.8. The van der Waals surface area contributed by atoms with Gasteiger partial charge in [0.25, 0.3) is 5.91 Å². The van der Waals surface area contributed by atoms with E-state index in [2.05, 4.69) is 0 Å². The number of methoxy groups -OCH3 is 1. The van der Waals surface area contributed by atoms with Crippen LogP contribution in [-0.4, -0.2) is 36.0 Å². The van der Waals surface area contributed by atoms with Crippen LogP contribution in [0.4, 0.5) is 5.69 Å². The van der Waals surface area contributed by atoms with E-state index >= 15 is 0 Å². The summed E-state index contributed by atoms with van der Waals surface area (Å²) >= 11 is 1.39. The average molecular weight is 367 g/mol. The van der Waals surface area contributed by atoms with Crippen molar-refractivity contribution in [2.45, 2.75) is 19.3 Å². The summed E-state index contributed by atoms with van der Waals surface area (Å²) in [4.78, 5) is 20.9. The molecule has 1 amide bonds. The Bertz CT molecular complexity index is 944. The van der Waals surface area contributed by atoms with Crippen molar-refractivity contribution in [1.82, 2.24) is 9.88 Å². The fourth-order valence-electron chi connectivity index (χ4n) is 3.32. The predicted octanol–water partition coefficient (Wildman–Crippen LogP) is 4.18. The second kappa shape index (κ2) is 6.96. The number of piperidine rings is 1. The van der Waals surface area contributed by atoms with Crippen LogP contribution < -0.4 is 10.5 Å². The first-order chi connectivity index (χ1) is 12.7. The Morgan fingerprint density at radius 3 is 2.54 bits per heavy atom. The third-order valence-electron chi connectivity index (χ3n) is 4.82. The van der Waals surface area contributed by atoms with Gasteiger partial charge in [-0.3, -0.25) is 4.79 Å². The SMILES string of the molecule is COc1ccc(-c2ccc3c(N)c(C(=O)N4CCCCC4)sc3n2)cc1. The first-order valence-electron chi connectivity index (χ1n) is 8.80. The summed E-state index contributed by atoms with van der Waals surface area (Å²) in [7, 11) is 1.65. The quantitative estimate of drug-likeness (QED) is 0.754. The molecular formula is C20H21N3O2S. The molecule has 3 aromatic rings. The number of likely N-dealkylation sites (tertiary alicyclic amines) is 1. The molecule has 0 bridgehead atoms. The molecule has 26 heavy (non-hydrogen) atoms. The molecule has 0 spiro atoms. The van der Waals surface area contributed by atoms with E-state index in [0.29, 0.717) is 10.6 Å². The Hall–Kier alpha value is -2.60. The fraction of sp³-hybridized carbons (Fsp3) is 0.300. The molecule has 1 saturated heterocycles. The molecule has 1 aromatic carbocycles. The van der Waals surface area contributed by atoms with Crippen LogP contribution in [0.25, 0.3) is 21.5 Å². The van der Waals surface area contributed by atoms with E-state index in [1.807, 2.05) is 41.3 Å². The molecular weight excluding hydrogens is 346 g/mol. The summed E-state index contributed by atoms with van der Waals surface area (Å²) in [5, 5.41) is 0.854. The number of nitrogen functional groups attached to an aromatic ring is 1. The van der Waals surface area contributed by atoms with Crippen LogP contribution in [0, 0.1) is 0 Å². The third kappa shape index (κ3) is 3.01. The van der Waals surface area contributed by atoms with Crippen LogP contribution in [0.5, 0.6) is 5.75 Å². The van der Waals surface area contributed by atoms with E-state index in [0.717, 1.165) is 53.2 Å². The van der Waals surface area contributed by atoms with Crippen LogP contribution >= 0.6 is 11.3 Å². The Kier molecular flexibility index (Phi) is 4.51. The topological polar surface area (TPSA) is 68.5 Å². The summed E-state index contributed by atoms with van der Waals surface area (Å²) in [6, 6.07) is 11.7. The molecule has 0 unspecified atom stereocenters. The van der Waals surface area contributed by atoms with E-state index in [-0.39, 0.29) is 5.91 Å². The zero-order chi connectivity index (χ0) is 18.1. The molecule has 2 N–H and O–H groups in total. The number of rotatable bonds is 3. The van der Waals surface area contributed by atoms with Gasteiger partial charge in [0.1, 0.15) is 15.5 Å². The summed E-state index contributed by atoms with van der Waals surface area (Å²) in [6.45, 7) is 1.63. The highest BCUT2D eigenvalue weighted by atomic mass is 32.1. The molecule has 4 rings (SSSR count). The average Bonchev–Trinajstić information content (AvgIpc) is 3.04. The van der Waals surface area contributed by atoms with Gasteiger partial charge in [0.05, 0.1) is 18.5 Å². The Balaban J connectivity index is 1.69. The molecule has 0 saturated carbocycles. The Morgan fingerprint density at radius 2 is 1.85 bits per heavy atom. The van der Waals surface area contributed by atoms with Crippen molar-refractivity contribution in [3.8, 4) is 17.0 Å². The molecule has 0 aliphatic carbocycles. The van der Waals surface area contributed by atoms with Gasteiger partial charge >= 0.3 is 0 Å². The zero-order valence-electron chi connectivity index (χ0n) is 14.7. The van der Waals surface area contributed by atoms with Gasteiger partial charge in [-0.1, -0.05) is 0 Å². The molecule has 0 radical (unpaired) electrons. The minimum atomic E-state index is 0.0381. The number of hydrogen-bond acceptors (Lipinski definition) is 5. The van der Waals surface area contributed by atoms with Gasteiger partial charge in [-0.25, -0.2) is 4.98 Å². The fourth-order valence-corrected chi connectivity index (χ4v) is 4.38. The highest BCUT2D eigenvalue weighted by molar-refractivity contribution is 7.21. The van der Waals surface area contributed by atoms with Crippen molar-refractivity contribution < 1.29 is 9.53 Å². The first-order valence-corrected chi connectivity index (χ1v) is 9.62. The monoisotopic (exact) mass is 367 g/mol. The molecule has 6 heteroatoms. The second-order valence-electron chi connectivity index (χ2n) is 6.48. The number of benzene rings is 1. The van der Waals surface area contributed by atoms with Crippen molar-refractivity contribution in [3.63, 3.8) is 0 Å². The van der Waals surface area contributed by atoms with Crippen LogP contribution in [0.3, 0.4) is 0 Å². The highest BCUT2D eigenvalue weighted by Gasteiger charge is 2.24. The molecule has 134 valence electrons. The van der Waals surface area contributed by atoms with E-state index in [4.69, 9.17) is 15.5 Å². The molecule has 1 aliphatic rings. The number of fused-ring (bicyclic) bond motifs is 1. The maximum Gasteiger partial charge on any atom is 0.266 e. The summed E-state index contributed by atoms with van der Waals surface area (Å²) in [5.74, 6) is 0.848. The minimum absolute atomic E-state index is 0.0381. The normalized spacial score (nSPS) is 14.6. The van der Waals surface area contributed by atoms with E-state index in [1.54, 1.807) is 7.11 Å². The molecule has 1 fully saturated rings. The molecule has 3 heterocycles. The smallest absolute Gasteiger partial charge is 0.266 e. The number of amides is 1. The van der Waals surface area contributed by atoms with Gasteiger partial charge in [0, 0.05) is 24.0 Å². The third-order valence-corrected chi connectivity index (χ3v) is 5.92. The Labute approximate surface area is 156 Å². The van der Waals surface area contributed by atoms with E-state index in [1.165, 1.54) is 17.8 Å². The number of carbonyl (C=O) groups is 1. The number of aromatic nitrogens is 1. The minimum Gasteiger partial charge on any atom is -0.497 e. The molecule has 2 aromatic heterocycles. The Morgan fingerprint density at radius 1 is 1.12 bits per heavy atom. The lowest BCUT2D eigenvalue weighted by molar-refractivity contribution is 0.0730. The number of ether oxygens (including phenoxy) is 1. The summed E-state index contributed by atoms with van der Waals surface area (Å²) in [6.07, 6.45) is 3.32. The van der Waals surface area contributed by atoms with Crippen molar-refractivity contribution in [3.05, 3.63) is 41.3 Å². The van der Waals surface area contributed by atoms with E-state index < -0.39 is 0 Å². The predicted molar refractivity (Wildman–Crippen MR) is 106 cm³/mol. The van der Waals surface area contributed by atoms with Crippen LogP contribution in [0.1, 0.15) is 28.9 Å². The summed E-state index contributed by atoms with van der Waals surface area (Å²) in [5.41, 5.74) is 8.69. The van der Waals surface area contributed by atoms with Gasteiger partial charge in [-0.15, -0.1) is 11.3 Å². The van der Waals surface area contributed by atoms with Gasteiger partial charge < -0.3 is 15.4 Å². The van der Waals surface area contributed by atoms with Crippen molar-refractivity contribution in [2.24, 2.45) is 0 Å². The molecule has 1 aliphatic heterocycles. The van der Waals surface area contributed by atoms with Crippen LogP contribution in [0.15, 0.2) is 36.4 Å². The van der Waals surface area contributed by atoms with E-state index in [9.17, 15) is 4.79 Å². The maximum absolute atomic E-state index is 12.8. The number of nitrogens with zero attached hydrogens (tertiary/aromatic N) is 2. The second-order valence-corrected chi connectivity index (χ2v) is 7.47. The zero-order valence-corrected chi connectivity index (χ0v) is 15.5. The number of pyridine rings is 1. The standard InChI is InChI=1S/C20H21N3O2S/c1-25-14-7-5-13(6-8-14)16-10-9-15-17(21)18(26-19(15)22-16)20(24)23-11-3-2-4-12-23/h5-10H,2-4,11-12,21H2,1H3. The lowest BCUT2D eigenvalue weighted by Crippen LogP contribution is -2.35. The van der Waals surface area contributed by atoms with Gasteiger partial charge in [0.15, 0.2) is 0 Å². The number of hydrogen-bond donors (Lipinski definition) is 1. The first kappa shape index (κ1) is 16.8. The van der Waals surface area contributed by atoms with Crippen LogP contribution in [-0.2, 0) is 0 Å².